The lowest BCUT2D eigenvalue weighted by Crippen LogP contribution is -2.22. The summed E-state index contributed by atoms with van der Waals surface area (Å²) in [6, 6.07) is 23.8. The summed E-state index contributed by atoms with van der Waals surface area (Å²) in [4.78, 5) is 21.4. The van der Waals surface area contributed by atoms with Crippen LogP contribution in [0.25, 0.3) is 16.7 Å². The highest BCUT2D eigenvalue weighted by Gasteiger charge is 2.12. The number of aromatic nitrogens is 5. The van der Waals surface area contributed by atoms with Crippen LogP contribution in [0, 0.1) is 6.92 Å². The van der Waals surface area contributed by atoms with Crippen molar-refractivity contribution in [3.05, 3.63) is 108 Å². The molecule has 7 heteroatoms. The molecule has 3 aromatic carbocycles. The van der Waals surface area contributed by atoms with Crippen molar-refractivity contribution in [3.8, 4) is 5.69 Å². The lowest BCUT2D eigenvalue weighted by molar-refractivity contribution is 0.0951. The molecule has 0 atom stereocenters. The molecule has 32 heavy (non-hydrogen) atoms. The van der Waals surface area contributed by atoms with Crippen molar-refractivity contribution in [3.63, 3.8) is 0 Å². The lowest BCUT2D eigenvalue weighted by atomic mass is 10.1. The number of para-hydroxylation sites is 1. The van der Waals surface area contributed by atoms with Crippen LogP contribution in [0.5, 0.6) is 0 Å². The summed E-state index contributed by atoms with van der Waals surface area (Å²) >= 11 is 0. The Morgan fingerprint density at radius 2 is 1.75 bits per heavy atom. The number of nitrogens with one attached hydrogen (secondary N) is 1. The molecule has 0 radical (unpaired) electrons. The van der Waals surface area contributed by atoms with E-state index in [4.69, 9.17) is 0 Å². The van der Waals surface area contributed by atoms with Crippen LogP contribution in [0.15, 0.2) is 85.5 Å². The van der Waals surface area contributed by atoms with Gasteiger partial charge >= 0.3 is 0 Å². The molecule has 0 unspecified atom stereocenters. The Labute approximate surface area is 185 Å². The molecular weight excluding hydrogens is 400 g/mol. The predicted molar refractivity (Wildman–Crippen MR) is 123 cm³/mol. The van der Waals surface area contributed by atoms with Crippen molar-refractivity contribution >= 4 is 16.9 Å². The van der Waals surface area contributed by atoms with Crippen molar-refractivity contribution < 1.29 is 4.79 Å². The van der Waals surface area contributed by atoms with E-state index in [0.29, 0.717) is 18.7 Å². The Bertz CT molecular complexity index is 1360. The van der Waals surface area contributed by atoms with Gasteiger partial charge in [0.2, 0.25) is 0 Å². The van der Waals surface area contributed by atoms with Crippen LogP contribution >= 0.6 is 0 Å². The first-order valence-corrected chi connectivity index (χ1v) is 10.4. The van der Waals surface area contributed by atoms with Crippen LogP contribution in [-0.2, 0) is 13.1 Å². The smallest absolute Gasteiger partial charge is 0.251 e. The molecule has 0 saturated heterocycles. The fourth-order valence-corrected chi connectivity index (χ4v) is 3.79. The van der Waals surface area contributed by atoms with Crippen molar-refractivity contribution in [2.45, 2.75) is 20.0 Å². The van der Waals surface area contributed by atoms with Crippen LogP contribution in [0.3, 0.4) is 0 Å². The van der Waals surface area contributed by atoms with Gasteiger partial charge in [0.15, 0.2) is 0 Å². The minimum atomic E-state index is -0.120. The number of fused-ring (bicyclic) bond motifs is 1. The highest BCUT2D eigenvalue weighted by molar-refractivity contribution is 5.97. The predicted octanol–water partition coefficient (Wildman–Crippen LogP) is 3.90. The highest BCUT2D eigenvalue weighted by atomic mass is 16.1. The number of hydrogen-bond acceptors (Lipinski definition) is 4. The molecule has 0 saturated carbocycles. The minimum Gasteiger partial charge on any atom is -0.348 e. The second kappa shape index (κ2) is 8.47. The zero-order chi connectivity index (χ0) is 21.9. The van der Waals surface area contributed by atoms with Crippen LogP contribution in [0.1, 0.15) is 27.3 Å². The number of hydrogen-bond donors (Lipinski definition) is 1. The van der Waals surface area contributed by atoms with Crippen molar-refractivity contribution in [1.82, 2.24) is 29.6 Å². The molecule has 0 spiro atoms. The summed E-state index contributed by atoms with van der Waals surface area (Å²) in [7, 11) is 0. The summed E-state index contributed by atoms with van der Waals surface area (Å²) in [6.07, 6.45) is 3.21. The maximum absolute atomic E-state index is 12.7. The summed E-state index contributed by atoms with van der Waals surface area (Å²) in [5.74, 6) is 0.764. The zero-order valence-corrected chi connectivity index (χ0v) is 17.6. The number of rotatable bonds is 6. The molecule has 1 amide bonds. The van der Waals surface area contributed by atoms with E-state index in [0.717, 1.165) is 33.7 Å². The van der Waals surface area contributed by atoms with Gasteiger partial charge in [0.05, 0.1) is 17.6 Å². The topological polar surface area (TPSA) is 77.6 Å². The molecule has 0 bridgehead atoms. The van der Waals surface area contributed by atoms with E-state index in [1.165, 1.54) is 6.33 Å². The molecule has 5 aromatic rings. The van der Waals surface area contributed by atoms with Crippen molar-refractivity contribution in [2.24, 2.45) is 0 Å². The van der Waals surface area contributed by atoms with Gasteiger partial charge in [-0.2, -0.15) is 5.10 Å². The highest BCUT2D eigenvalue weighted by Crippen LogP contribution is 2.22. The Kier molecular flexibility index (Phi) is 5.21. The van der Waals surface area contributed by atoms with Gasteiger partial charge in [-0.1, -0.05) is 42.5 Å². The summed E-state index contributed by atoms with van der Waals surface area (Å²) in [6.45, 7) is 3.10. The Balaban J connectivity index is 1.28. The number of benzene rings is 3. The van der Waals surface area contributed by atoms with Gasteiger partial charge in [-0.05, 0) is 48.4 Å². The molecule has 7 nitrogen and oxygen atoms in total. The number of imidazole rings is 1. The average molecular weight is 422 g/mol. The van der Waals surface area contributed by atoms with E-state index in [1.54, 1.807) is 11.0 Å². The van der Waals surface area contributed by atoms with E-state index < -0.39 is 0 Å². The third-order valence-corrected chi connectivity index (χ3v) is 5.39. The maximum Gasteiger partial charge on any atom is 0.251 e. The Morgan fingerprint density at radius 1 is 0.969 bits per heavy atom. The number of carbonyl (C=O) groups is 1. The summed E-state index contributed by atoms with van der Waals surface area (Å²) in [5, 5.41) is 7.11. The third kappa shape index (κ3) is 4.00. The van der Waals surface area contributed by atoms with Gasteiger partial charge in [0.25, 0.3) is 5.91 Å². The van der Waals surface area contributed by atoms with Crippen LogP contribution < -0.4 is 5.32 Å². The van der Waals surface area contributed by atoms with Gasteiger partial charge in [0.1, 0.15) is 18.5 Å². The molecule has 2 heterocycles. The number of amides is 1. The molecular formula is C25H22N6O. The third-order valence-electron chi connectivity index (χ3n) is 5.39. The van der Waals surface area contributed by atoms with Gasteiger partial charge in [-0.25, -0.2) is 14.6 Å². The first-order chi connectivity index (χ1) is 15.7. The summed E-state index contributed by atoms with van der Waals surface area (Å²) in [5.41, 5.74) is 5.59. The summed E-state index contributed by atoms with van der Waals surface area (Å²) < 4.78 is 3.87. The van der Waals surface area contributed by atoms with E-state index in [2.05, 4.69) is 25.0 Å². The molecule has 5 rings (SSSR count). The quantitative estimate of drug-likeness (QED) is 0.450. The van der Waals surface area contributed by atoms with Gasteiger partial charge < -0.3 is 5.32 Å². The van der Waals surface area contributed by atoms with Crippen LogP contribution in [0.2, 0.25) is 0 Å². The molecule has 0 aliphatic carbocycles. The minimum absolute atomic E-state index is 0.120. The van der Waals surface area contributed by atoms with E-state index in [1.807, 2.05) is 79.7 Å². The standard InChI is InChI=1S/C25H22N6O/c1-18-29-23-13-21(11-12-24(23)31(18)22-5-3-2-4-6-22)25(32)27-14-19-7-9-20(10-8-19)15-30-17-26-16-28-30/h2-13,16-17H,14-15H2,1H3,(H,27,32). The molecule has 0 aliphatic rings. The van der Waals surface area contributed by atoms with Crippen molar-refractivity contribution in [1.29, 1.82) is 0 Å². The second-order valence-corrected chi connectivity index (χ2v) is 7.63. The van der Waals surface area contributed by atoms with Gasteiger partial charge in [-0.15, -0.1) is 0 Å². The Morgan fingerprint density at radius 3 is 2.50 bits per heavy atom. The van der Waals surface area contributed by atoms with E-state index in [-0.39, 0.29) is 5.91 Å². The van der Waals surface area contributed by atoms with Gasteiger partial charge in [-0.3, -0.25) is 9.36 Å². The molecule has 0 fully saturated rings. The first kappa shape index (κ1) is 19.7. The second-order valence-electron chi connectivity index (χ2n) is 7.63. The Hall–Kier alpha value is -4.26. The molecule has 2 aromatic heterocycles. The van der Waals surface area contributed by atoms with Gasteiger partial charge in [0, 0.05) is 17.8 Å². The molecule has 1 N–H and O–H groups in total. The fourth-order valence-electron chi connectivity index (χ4n) is 3.79. The normalized spacial score (nSPS) is 11.0. The number of carbonyl (C=O) groups excluding carboxylic acids is 1. The van der Waals surface area contributed by atoms with E-state index in [9.17, 15) is 4.79 Å². The molecule has 158 valence electrons. The number of nitrogens with zero attached hydrogens (tertiary/aromatic N) is 5. The number of aryl methyl sites for hydroxylation is 1. The average Bonchev–Trinajstić information content (AvgIpc) is 3.45. The fraction of sp³-hybridized carbons (Fsp3) is 0.120. The maximum atomic E-state index is 12.7. The first-order valence-electron chi connectivity index (χ1n) is 10.4. The molecule has 0 aliphatic heterocycles. The van der Waals surface area contributed by atoms with E-state index >= 15 is 0 Å². The van der Waals surface area contributed by atoms with Crippen molar-refractivity contribution in [2.75, 3.05) is 0 Å². The SMILES string of the molecule is Cc1nc2cc(C(=O)NCc3ccc(Cn4cncn4)cc3)ccc2n1-c1ccccc1. The van der Waals surface area contributed by atoms with Crippen LogP contribution in [0.4, 0.5) is 0 Å². The largest absolute Gasteiger partial charge is 0.348 e. The lowest BCUT2D eigenvalue weighted by Gasteiger charge is -2.08. The van der Waals surface area contributed by atoms with Crippen LogP contribution in [-0.4, -0.2) is 30.2 Å². The monoisotopic (exact) mass is 422 g/mol. The zero-order valence-electron chi connectivity index (χ0n) is 17.6.